The molecule has 5 heteroatoms. The summed E-state index contributed by atoms with van der Waals surface area (Å²) in [5.41, 5.74) is 0.246. The summed E-state index contributed by atoms with van der Waals surface area (Å²) in [4.78, 5) is 13.1. The molecule has 0 saturated carbocycles. The van der Waals surface area contributed by atoms with Crippen LogP contribution < -0.4 is 0 Å². The Morgan fingerprint density at radius 3 is 2.67 bits per heavy atom. The zero-order valence-electron chi connectivity index (χ0n) is 10.6. The molecule has 2 heterocycles. The Labute approximate surface area is 106 Å². The van der Waals surface area contributed by atoms with E-state index in [1.807, 2.05) is 0 Å². The molecule has 0 radical (unpaired) electrons. The Bertz CT molecular complexity index is 419. The van der Waals surface area contributed by atoms with Gasteiger partial charge in [-0.05, 0) is 44.8 Å². The average Bonchev–Trinajstić information content (AvgIpc) is 2.71. The molecule has 1 aromatic rings. The van der Waals surface area contributed by atoms with Crippen molar-refractivity contribution in [2.45, 2.75) is 26.3 Å². The number of hydrogen-bond acceptors (Lipinski definition) is 4. The highest BCUT2D eigenvalue weighted by Gasteiger charge is 2.20. The highest BCUT2D eigenvalue weighted by Crippen LogP contribution is 2.21. The van der Waals surface area contributed by atoms with Crippen LogP contribution in [0.4, 0.5) is 0 Å². The van der Waals surface area contributed by atoms with Crippen LogP contribution in [0.25, 0.3) is 0 Å². The van der Waals surface area contributed by atoms with Crippen LogP contribution in [0, 0.1) is 12.8 Å². The molecule has 18 heavy (non-hydrogen) atoms. The summed E-state index contributed by atoms with van der Waals surface area (Å²) in [6, 6.07) is 1.61. The lowest BCUT2D eigenvalue weighted by atomic mass is 9.98. The number of hydrogen-bond donors (Lipinski definition) is 2. The lowest BCUT2D eigenvalue weighted by Crippen LogP contribution is -2.34. The molecule has 5 nitrogen and oxygen atoms in total. The molecule has 0 amide bonds. The smallest absolute Gasteiger partial charge is 0.339 e. The third-order valence-corrected chi connectivity index (χ3v) is 3.54. The Morgan fingerprint density at radius 1 is 1.50 bits per heavy atom. The lowest BCUT2D eigenvalue weighted by Gasteiger charge is -2.30. The average molecular weight is 253 g/mol. The number of carboxylic acid groups (broad SMARTS) is 1. The van der Waals surface area contributed by atoms with Crippen molar-refractivity contribution in [3.63, 3.8) is 0 Å². The molecule has 0 atom stereocenters. The first-order valence-corrected chi connectivity index (χ1v) is 6.26. The fraction of sp³-hybridized carbons (Fsp3) is 0.615. The van der Waals surface area contributed by atoms with Crippen LogP contribution in [0.1, 0.15) is 34.7 Å². The van der Waals surface area contributed by atoms with Crippen LogP contribution in [-0.4, -0.2) is 40.8 Å². The van der Waals surface area contributed by atoms with Gasteiger partial charge in [0, 0.05) is 6.61 Å². The Hall–Kier alpha value is -1.33. The van der Waals surface area contributed by atoms with Gasteiger partial charge in [-0.15, -0.1) is 0 Å². The standard InChI is InChI=1S/C13H19NO4/c1-9-12(13(16)17)6-11(18-9)7-14-4-2-10(8-15)3-5-14/h6,10,15H,2-5,7-8H2,1H3,(H,16,17). The number of piperidine rings is 1. The third kappa shape index (κ3) is 2.91. The second-order valence-corrected chi connectivity index (χ2v) is 4.89. The number of nitrogens with zero attached hydrogens (tertiary/aromatic N) is 1. The van der Waals surface area contributed by atoms with Crippen LogP contribution in [0.5, 0.6) is 0 Å². The minimum absolute atomic E-state index is 0.246. The highest BCUT2D eigenvalue weighted by atomic mass is 16.4. The summed E-state index contributed by atoms with van der Waals surface area (Å²) in [6.45, 7) is 4.43. The normalized spacial score (nSPS) is 18.1. The van der Waals surface area contributed by atoms with Gasteiger partial charge in [0.2, 0.25) is 0 Å². The minimum Gasteiger partial charge on any atom is -0.478 e. The maximum Gasteiger partial charge on any atom is 0.339 e. The largest absolute Gasteiger partial charge is 0.478 e. The number of aliphatic hydroxyl groups is 1. The molecule has 1 aromatic heterocycles. The number of rotatable bonds is 4. The molecular formula is C13H19NO4. The molecule has 2 N–H and O–H groups in total. The summed E-state index contributed by atoms with van der Waals surface area (Å²) in [5, 5.41) is 18.0. The highest BCUT2D eigenvalue weighted by molar-refractivity contribution is 5.88. The van der Waals surface area contributed by atoms with Crippen molar-refractivity contribution in [1.29, 1.82) is 0 Å². The Balaban J connectivity index is 1.94. The summed E-state index contributed by atoms with van der Waals surface area (Å²) in [6.07, 6.45) is 1.98. The van der Waals surface area contributed by atoms with Crippen molar-refractivity contribution < 1.29 is 19.4 Å². The van der Waals surface area contributed by atoms with E-state index in [0.717, 1.165) is 25.9 Å². The van der Waals surface area contributed by atoms with E-state index < -0.39 is 5.97 Å². The summed E-state index contributed by atoms with van der Waals surface area (Å²) < 4.78 is 5.46. The van der Waals surface area contributed by atoms with Crippen molar-refractivity contribution in [2.75, 3.05) is 19.7 Å². The van der Waals surface area contributed by atoms with Crippen LogP contribution in [0.2, 0.25) is 0 Å². The molecule has 0 aliphatic carbocycles. The van der Waals surface area contributed by atoms with Gasteiger partial charge in [-0.1, -0.05) is 0 Å². The molecule has 1 fully saturated rings. The van der Waals surface area contributed by atoms with Crippen LogP contribution in [0.3, 0.4) is 0 Å². The van der Waals surface area contributed by atoms with E-state index in [-0.39, 0.29) is 12.2 Å². The molecule has 2 rings (SSSR count). The number of likely N-dealkylation sites (tertiary alicyclic amines) is 1. The number of aliphatic hydroxyl groups excluding tert-OH is 1. The van der Waals surface area contributed by atoms with E-state index in [1.54, 1.807) is 13.0 Å². The van der Waals surface area contributed by atoms with Crippen molar-refractivity contribution in [3.05, 3.63) is 23.2 Å². The second-order valence-electron chi connectivity index (χ2n) is 4.89. The fourth-order valence-corrected chi connectivity index (χ4v) is 2.38. The van der Waals surface area contributed by atoms with Crippen LogP contribution in [-0.2, 0) is 6.54 Å². The number of carboxylic acids is 1. The topological polar surface area (TPSA) is 73.9 Å². The molecule has 1 saturated heterocycles. The van der Waals surface area contributed by atoms with Gasteiger partial charge < -0.3 is 14.6 Å². The first-order valence-electron chi connectivity index (χ1n) is 6.26. The first kappa shape index (κ1) is 13.1. The first-order chi connectivity index (χ1) is 8.60. The van der Waals surface area contributed by atoms with Crippen molar-refractivity contribution in [2.24, 2.45) is 5.92 Å². The van der Waals surface area contributed by atoms with Crippen molar-refractivity contribution >= 4 is 5.97 Å². The van der Waals surface area contributed by atoms with E-state index >= 15 is 0 Å². The Kier molecular flexibility index (Phi) is 4.04. The van der Waals surface area contributed by atoms with Gasteiger partial charge in [-0.25, -0.2) is 4.79 Å². The van der Waals surface area contributed by atoms with Crippen molar-refractivity contribution in [1.82, 2.24) is 4.90 Å². The molecule has 100 valence electrons. The van der Waals surface area contributed by atoms with Gasteiger partial charge >= 0.3 is 5.97 Å². The molecule has 0 unspecified atom stereocenters. The monoisotopic (exact) mass is 253 g/mol. The molecular weight excluding hydrogens is 234 g/mol. The van der Waals surface area contributed by atoms with Crippen LogP contribution >= 0.6 is 0 Å². The summed E-state index contributed by atoms with van der Waals surface area (Å²) >= 11 is 0. The minimum atomic E-state index is -0.943. The molecule has 1 aliphatic rings. The molecule has 0 bridgehead atoms. The van der Waals surface area contributed by atoms with E-state index in [4.69, 9.17) is 14.6 Å². The van der Waals surface area contributed by atoms with Gasteiger partial charge in [0.15, 0.2) is 0 Å². The van der Waals surface area contributed by atoms with E-state index in [0.29, 0.717) is 24.0 Å². The summed E-state index contributed by atoms with van der Waals surface area (Å²) in [7, 11) is 0. The van der Waals surface area contributed by atoms with Gasteiger partial charge in [0.25, 0.3) is 0 Å². The van der Waals surface area contributed by atoms with Gasteiger partial charge in [0.05, 0.1) is 6.54 Å². The second kappa shape index (κ2) is 5.54. The quantitative estimate of drug-likeness (QED) is 0.850. The fourth-order valence-electron chi connectivity index (χ4n) is 2.38. The van der Waals surface area contributed by atoms with E-state index in [2.05, 4.69) is 4.90 Å². The van der Waals surface area contributed by atoms with E-state index in [9.17, 15) is 4.79 Å². The Morgan fingerprint density at radius 2 is 2.17 bits per heavy atom. The zero-order chi connectivity index (χ0) is 13.1. The lowest BCUT2D eigenvalue weighted by molar-refractivity contribution is 0.0695. The van der Waals surface area contributed by atoms with Gasteiger partial charge in [-0.2, -0.15) is 0 Å². The van der Waals surface area contributed by atoms with E-state index in [1.165, 1.54) is 0 Å². The van der Waals surface area contributed by atoms with Crippen LogP contribution in [0.15, 0.2) is 10.5 Å². The predicted octanol–water partition coefficient (Wildman–Crippen LogP) is 1.49. The number of carbonyl (C=O) groups is 1. The SMILES string of the molecule is Cc1oc(CN2CCC(CO)CC2)cc1C(=O)O. The third-order valence-electron chi connectivity index (χ3n) is 3.54. The maximum absolute atomic E-state index is 10.9. The number of aryl methyl sites for hydroxylation is 1. The number of aromatic carboxylic acids is 1. The number of furan rings is 1. The molecule has 0 spiro atoms. The zero-order valence-corrected chi connectivity index (χ0v) is 10.6. The van der Waals surface area contributed by atoms with Gasteiger partial charge in [-0.3, -0.25) is 4.90 Å². The maximum atomic E-state index is 10.9. The van der Waals surface area contributed by atoms with Crippen molar-refractivity contribution in [3.8, 4) is 0 Å². The predicted molar refractivity (Wildman–Crippen MR) is 65.5 cm³/mol. The summed E-state index contributed by atoms with van der Waals surface area (Å²) in [5.74, 6) is 0.630. The molecule has 0 aromatic carbocycles. The van der Waals surface area contributed by atoms with Gasteiger partial charge in [0.1, 0.15) is 17.1 Å². The molecule has 1 aliphatic heterocycles.